The molecule has 1 amide bonds. The molecule has 2 rings (SSSR count). The Bertz CT molecular complexity index is 604. The number of aromatic amines is 1. The highest BCUT2D eigenvalue weighted by Gasteiger charge is 2.21. The summed E-state index contributed by atoms with van der Waals surface area (Å²) >= 11 is 0. The first-order valence-electron chi connectivity index (χ1n) is 7.04. The average molecular weight is 275 g/mol. The molecule has 20 heavy (non-hydrogen) atoms. The van der Waals surface area contributed by atoms with Gasteiger partial charge in [0.05, 0.1) is 11.0 Å². The Morgan fingerprint density at radius 3 is 2.80 bits per heavy atom. The van der Waals surface area contributed by atoms with Gasteiger partial charge in [-0.15, -0.1) is 0 Å². The maximum atomic E-state index is 11.3. The maximum absolute atomic E-state index is 11.3. The number of imidazole rings is 1. The highest BCUT2D eigenvalue weighted by atomic mass is 16.4. The van der Waals surface area contributed by atoms with Crippen molar-refractivity contribution in [2.24, 2.45) is 0 Å². The Hall–Kier alpha value is -2.04. The molecular weight excluding hydrogens is 254 g/mol. The van der Waals surface area contributed by atoms with Crippen LogP contribution in [0, 0.1) is 0 Å². The Balaban J connectivity index is 2.44. The fourth-order valence-corrected chi connectivity index (χ4v) is 2.32. The number of amides is 1. The van der Waals surface area contributed by atoms with Crippen LogP contribution in [0.5, 0.6) is 0 Å². The number of nitrogens with one attached hydrogen (secondary N) is 1. The molecule has 1 aromatic heterocycles. The zero-order chi connectivity index (χ0) is 14.7. The minimum Gasteiger partial charge on any atom is -0.465 e. The van der Waals surface area contributed by atoms with Crippen LogP contribution in [0.3, 0.4) is 0 Å². The van der Waals surface area contributed by atoms with Gasteiger partial charge < -0.3 is 10.1 Å². The summed E-state index contributed by atoms with van der Waals surface area (Å²) in [4.78, 5) is 20.2. The molecule has 2 N–H and O–H groups in total. The number of nitrogens with zero attached hydrogens (tertiary/aromatic N) is 2. The van der Waals surface area contributed by atoms with Crippen molar-refractivity contribution < 1.29 is 9.90 Å². The van der Waals surface area contributed by atoms with Gasteiger partial charge in [0.2, 0.25) is 5.95 Å². The largest absolute Gasteiger partial charge is 0.465 e. The van der Waals surface area contributed by atoms with E-state index in [4.69, 9.17) is 0 Å². The van der Waals surface area contributed by atoms with Gasteiger partial charge in [-0.1, -0.05) is 25.5 Å². The van der Waals surface area contributed by atoms with Crippen molar-refractivity contribution in [2.75, 3.05) is 4.90 Å². The normalized spacial score (nSPS) is 11.2. The number of fused-ring (bicyclic) bond motifs is 1. The Morgan fingerprint density at radius 1 is 1.45 bits per heavy atom. The second kappa shape index (κ2) is 5.94. The molecule has 0 saturated carbocycles. The summed E-state index contributed by atoms with van der Waals surface area (Å²) in [6.07, 6.45) is 2.20. The molecule has 0 aliphatic heterocycles. The first kappa shape index (κ1) is 14.4. The fraction of sp³-hybridized carbons (Fsp3) is 0.467. The summed E-state index contributed by atoms with van der Waals surface area (Å²) in [5, 5.41) is 9.30. The number of rotatable bonds is 5. The van der Waals surface area contributed by atoms with E-state index >= 15 is 0 Å². The number of benzene rings is 1. The van der Waals surface area contributed by atoms with Crippen molar-refractivity contribution in [1.29, 1.82) is 0 Å². The second-order valence-electron chi connectivity index (χ2n) is 5.22. The second-order valence-corrected chi connectivity index (χ2v) is 5.22. The van der Waals surface area contributed by atoms with Gasteiger partial charge >= 0.3 is 6.09 Å². The molecule has 0 fully saturated rings. The first-order valence-corrected chi connectivity index (χ1v) is 7.04. The lowest BCUT2D eigenvalue weighted by atomic mass is 10.1. The number of H-pyrrole nitrogens is 1. The summed E-state index contributed by atoms with van der Waals surface area (Å²) in [7, 11) is 0. The summed E-state index contributed by atoms with van der Waals surface area (Å²) in [6, 6.07) is 5.81. The minimum atomic E-state index is -0.992. The molecule has 2 aromatic rings. The van der Waals surface area contributed by atoms with Crippen LogP contribution in [-0.2, 0) is 6.42 Å². The van der Waals surface area contributed by atoms with Gasteiger partial charge in [0.15, 0.2) is 0 Å². The summed E-state index contributed by atoms with van der Waals surface area (Å²) < 4.78 is 0. The van der Waals surface area contributed by atoms with Gasteiger partial charge in [-0.05, 0) is 38.3 Å². The van der Waals surface area contributed by atoms with Crippen LogP contribution >= 0.6 is 0 Å². The number of carbonyl (C=O) groups is 1. The van der Waals surface area contributed by atoms with Gasteiger partial charge in [0.25, 0.3) is 0 Å². The monoisotopic (exact) mass is 275 g/mol. The van der Waals surface area contributed by atoms with Gasteiger partial charge in [0, 0.05) is 6.04 Å². The zero-order valence-corrected chi connectivity index (χ0v) is 12.2. The van der Waals surface area contributed by atoms with E-state index in [9.17, 15) is 9.90 Å². The predicted octanol–water partition coefficient (Wildman–Crippen LogP) is 3.80. The van der Waals surface area contributed by atoms with Crippen molar-refractivity contribution in [3.8, 4) is 0 Å². The summed E-state index contributed by atoms with van der Waals surface area (Å²) in [5.41, 5.74) is 2.93. The van der Waals surface area contributed by atoms with Gasteiger partial charge in [-0.25, -0.2) is 14.7 Å². The predicted molar refractivity (Wildman–Crippen MR) is 80.3 cm³/mol. The topological polar surface area (TPSA) is 69.2 Å². The molecule has 0 aliphatic rings. The molecule has 0 radical (unpaired) electrons. The third-order valence-electron chi connectivity index (χ3n) is 3.33. The van der Waals surface area contributed by atoms with Crippen LogP contribution in [0.25, 0.3) is 11.0 Å². The number of anilines is 1. The third-order valence-corrected chi connectivity index (χ3v) is 3.33. The average Bonchev–Trinajstić information content (AvgIpc) is 2.78. The third kappa shape index (κ3) is 2.76. The minimum absolute atomic E-state index is 0.160. The SMILES string of the molecule is CCCCc1cccc2[nH]c(N(C(=O)O)C(C)C)nc12. The molecule has 0 saturated heterocycles. The van der Waals surface area contributed by atoms with E-state index in [1.165, 1.54) is 10.5 Å². The number of aryl methyl sites for hydroxylation is 1. The zero-order valence-electron chi connectivity index (χ0n) is 12.2. The number of carboxylic acid groups (broad SMARTS) is 1. The standard InChI is InChI=1S/C15H21N3O2/c1-4-5-7-11-8-6-9-12-13(11)17-14(16-12)18(10(2)3)15(19)20/h6,8-10H,4-5,7H2,1-3H3,(H,16,17)(H,19,20). The summed E-state index contributed by atoms with van der Waals surface area (Å²) in [6.45, 7) is 5.82. The molecule has 0 unspecified atom stereocenters. The Labute approximate surface area is 118 Å². The van der Waals surface area contributed by atoms with E-state index in [1.807, 2.05) is 26.0 Å². The molecule has 108 valence electrons. The van der Waals surface area contributed by atoms with Crippen LogP contribution < -0.4 is 4.90 Å². The molecule has 0 atom stereocenters. The lowest BCUT2D eigenvalue weighted by Gasteiger charge is -2.19. The van der Waals surface area contributed by atoms with E-state index in [0.29, 0.717) is 5.95 Å². The molecule has 5 nitrogen and oxygen atoms in total. The van der Waals surface area contributed by atoms with Crippen molar-refractivity contribution >= 4 is 23.1 Å². The molecule has 0 bridgehead atoms. The van der Waals surface area contributed by atoms with E-state index in [1.54, 1.807) is 0 Å². The van der Waals surface area contributed by atoms with Crippen molar-refractivity contribution in [1.82, 2.24) is 9.97 Å². The van der Waals surface area contributed by atoms with Crippen LogP contribution in [-0.4, -0.2) is 27.2 Å². The summed E-state index contributed by atoms with van der Waals surface area (Å²) in [5.74, 6) is 0.395. The number of hydrogen-bond donors (Lipinski definition) is 2. The smallest absolute Gasteiger partial charge is 0.414 e. The lowest BCUT2D eigenvalue weighted by molar-refractivity contribution is 0.199. The van der Waals surface area contributed by atoms with Crippen molar-refractivity contribution in [3.05, 3.63) is 23.8 Å². The van der Waals surface area contributed by atoms with E-state index in [-0.39, 0.29) is 6.04 Å². The lowest BCUT2D eigenvalue weighted by Crippen LogP contribution is -2.36. The van der Waals surface area contributed by atoms with E-state index < -0.39 is 6.09 Å². The molecule has 0 aliphatic carbocycles. The van der Waals surface area contributed by atoms with Crippen molar-refractivity contribution in [3.63, 3.8) is 0 Å². The molecule has 5 heteroatoms. The van der Waals surface area contributed by atoms with Gasteiger partial charge in [0.1, 0.15) is 0 Å². The molecule has 1 heterocycles. The van der Waals surface area contributed by atoms with Gasteiger partial charge in [-0.3, -0.25) is 0 Å². The van der Waals surface area contributed by atoms with Gasteiger partial charge in [-0.2, -0.15) is 0 Å². The quantitative estimate of drug-likeness (QED) is 0.872. The number of para-hydroxylation sites is 1. The van der Waals surface area contributed by atoms with Crippen LogP contribution in [0.4, 0.5) is 10.7 Å². The van der Waals surface area contributed by atoms with E-state index in [0.717, 1.165) is 30.3 Å². The fourth-order valence-electron chi connectivity index (χ4n) is 2.32. The molecule has 0 spiro atoms. The first-order chi connectivity index (χ1) is 9.54. The highest BCUT2D eigenvalue weighted by molar-refractivity contribution is 5.88. The van der Waals surface area contributed by atoms with Crippen LogP contribution in [0.1, 0.15) is 39.2 Å². The Kier molecular flexibility index (Phi) is 4.27. The Morgan fingerprint density at radius 2 is 2.20 bits per heavy atom. The number of aromatic nitrogens is 2. The number of hydrogen-bond acceptors (Lipinski definition) is 2. The van der Waals surface area contributed by atoms with Crippen molar-refractivity contribution in [2.45, 2.75) is 46.1 Å². The van der Waals surface area contributed by atoms with Crippen LogP contribution in [0.2, 0.25) is 0 Å². The van der Waals surface area contributed by atoms with Crippen LogP contribution in [0.15, 0.2) is 18.2 Å². The molecule has 1 aromatic carbocycles. The highest BCUT2D eigenvalue weighted by Crippen LogP contribution is 2.23. The molecular formula is C15H21N3O2. The van der Waals surface area contributed by atoms with E-state index in [2.05, 4.69) is 23.0 Å². The number of unbranched alkanes of at least 4 members (excludes halogenated alkanes) is 1. The maximum Gasteiger partial charge on any atom is 0.414 e.